The van der Waals surface area contributed by atoms with Crippen molar-refractivity contribution in [3.63, 3.8) is 0 Å². The molecule has 2 aliphatic rings. The minimum atomic E-state index is -0.786. The SMILES string of the molecule is CN(CC(=O)O)C1CCCN(CC(=O)N2CCc3ccccc32)CC1.Cl. The molecule has 1 fully saturated rings. The molecule has 0 aliphatic carbocycles. The van der Waals surface area contributed by atoms with E-state index < -0.39 is 5.97 Å². The zero-order valence-electron chi connectivity index (χ0n) is 15.3. The summed E-state index contributed by atoms with van der Waals surface area (Å²) < 4.78 is 0. The van der Waals surface area contributed by atoms with E-state index in [-0.39, 0.29) is 30.9 Å². The molecule has 26 heavy (non-hydrogen) atoms. The van der Waals surface area contributed by atoms with E-state index in [9.17, 15) is 9.59 Å². The van der Waals surface area contributed by atoms with Crippen LogP contribution in [0.3, 0.4) is 0 Å². The topological polar surface area (TPSA) is 64.1 Å². The molecule has 1 atom stereocenters. The van der Waals surface area contributed by atoms with Crippen LogP contribution in [0.4, 0.5) is 5.69 Å². The lowest BCUT2D eigenvalue weighted by molar-refractivity contribution is -0.138. The summed E-state index contributed by atoms with van der Waals surface area (Å²) in [5, 5.41) is 8.95. The molecule has 7 heteroatoms. The van der Waals surface area contributed by atoms with Crippen LogP contribution < -0.4 is 4.90 Å². The molecular formula is C19H28ClN3O3. The van der Waals surface area contributed by atoms with Gasteiger partial charge in [0.15, 0.2) is 0 Å². The summed E-state index contributed by atoms with van der Waals surface area (Å²) in [5.41, 5.74) is 2.31. The number of para-hydroxylation sites is 1. The van der Waals surface area contributed by atoms with E-state index in [2.05, 4.69) is 11.0 Å². The first-order valence-corrected chi connectivity index (χ1v) is 9.07. The molecule has 1 amide bonds. The summed E-state index contributed by atoms with van der Waals surface area (Å²) in [6, 6.07) is 8.41. The summed E-state index contributed by atoms with van der Waals surface area (Å²) in [6.45, 7) is 3.04. The molecule has 1 aromatic rings. The molecule has 1 aromatic carbocycles. The number of nitrogens with zero attached hydrogens (tertiary/aromatic N) is 3. The third-order valence-corrected chi connectivity index (χ3v) is 5.35. The average Bonchev–Trinajstić information content (AvgIpc) is 2.87. The van der Waals surface area contributed by atoms with Gasteiger partial charge in [0.25, 0.3) is 0 Å². The monoisotopic (exact) mass is 381 g/mol. The zero-order valence-corrected chi connectivity index (χ0v) is 16.1. The second-order valence-corrected chi connectivity index (χ2v) is 7.09. The molecule has 2 heterocycles. The molecule has 144 valence electrons. The number of aliphatic carboxylic acids is 1. The fraction of sp³-hybridized carbons (Fsp3) is 0.579. The highest BCUT2D eigenvalue weighted by Gasteiger charge is 2.27. The number of amides is 1. The van der Waals surface area contributed by atoms with Crippen molar-refractivity contribution in [2.24, 2.45) is 0 Å². The van der Waals surface area contributed by atoms with Crippen LogP contribution in [0.15, 0.2) is 24.3 Å². The van der Waals surface area contributed by atoms with E-state index >= 15 is 0 Å². The van der Waals surface area contributed by atoms with Crippen molar-refractivity contribution in [2.45, 2.75) is 31.7 Å². The fourth-order valence-corrected chi connectivity index (χ4v) is 3.95. The zero-order chi connectivity index (χ0) is 17.8. The third-order valence-electron chi connectivity index (χ3n) is 5.35. The molecule has 6 nitrogen and oxygen atoms in total. The predicted octanol–water partition coefficient (Wildman–Crippen LogP) is 1.87. The van der Waals surface area contributed by atoms with Gasteiger partial charge in [-0.3, -0.25) is 19.4 Å². The highest BCUT2D eigenvalue weighted by atomic mass is 35.5. The van der Waals surface area contributed by atoms with Gasteiger partial charge in [0.05, 0.1) is 13.1 Å². The normalized spacial score (nSPS) is 20.4. The van der Waals surface area contributed by atoms with Gasteiger partial charge in [-0.1, -0.05) is 18.2 Å². The van der Waals surface area contributed by atoms with Gasteiger partial charge >= 0.3 is 5.97 Å². The van der Waals surface area contributed by atoms with Gasteiger partial charge in [-0.05, 0) is 50.9 Å². The second-order valence-electron chi connectivity index (χ2n) is 7.09. The van der Waals surface area contributed by atoms with Crippen LogP contribution in [-0.4, -0.2) is 72.6 Å². The summed E-state index contributed by atoms with van der Waals surface area (Å²) in [5.74, 6) is -0.617. The number of fused-ring (bicyclic) bond motifs is 1. The van der Waals surface area contributed by atoms with Crippen molar-refractivity contribution in [3.05, 3.63) is 29.8 Å². The Bertz CT molecular complexity index is 640. The number of likely N-dealkylation sites (tertiary alicyclic amines) is 1. The molecule has 0 saturated carbocycles. The van der Waals surface area contributed by atoms with Gasteiger partial charge in [-0.25, -0.2) is 0 Å². The summed E-state index contributed by atoms with van der Waals surface area (Å²) >= 11 is 0. The Morgan fingerprint density at radius 3 is 2.73 bits per heavy atom. The highest BCUT2D eigenvalue weighted by molar-refractivity contribution is 5.96. The quantitative estimate of drug-likeness (QED) is 0.843. The van der Waals surface area contributed by atoms with E-state index in [4.69, 9.17) is 5.11 Å². The molecule has 3 rings (SSSR count). The minimum Gasteiger partial charge on any atom is -0.480 e. The van der Waals surface area contributed by atoms with E-state index in [1.54, 1.807) is 0 Å². The van der Waals surface area contributed by atoms with Gasteiger partial charge in [-0.15, -0.1) is 12.4 Å². The Hall–Kier alpha value is -1.63. The summed E-state index contributed by atoms with van der Waals surface area (Å²) in [4.78, 5) is 29.7. The van der Waals surface area contributed by atoms with Crippen molar-refractivity contribution in [2.75, 3.05) is 44.7 Å². The number of carbonyl (C=O) groups is 2. The smallest absolute Gasteiger partial charge is 0.317 e. The van der Waals surface area contributed by atoms with E-state index in [1.165, 1.54) is 5.56 Å². The van der Waals surface area contributed by atoms with Gasteiger partial charge in [-0.2, -0.15) is 0 Å². The molecule has 0 bridgehead atoms. The lowest BCUT2D eigenvalue weighted by Gasteiger charge is -2.26. The lowest BCUT2D eigenvalue weighted by Crippen LogP contribution is -2.41. The maximum atomic E-state index is 12.7. The number of carboxylic acid groups (broad SMARTS) is 1. The van der Waals surface area contributed by atoms with Gasteiger partial charge in [0, 0.05) is 24.8 Å². The van der Waals surface area contributed by atoms with Crippen LogP contribution in [0, 0.1) is 0 Å². The molecule has 1 unspecified atom stereocenters. The van der Waals surface area contributed by atoms with E-state index in [1.807, 2.05) is 35.0 Å². The molecule has 2 aliphatic heterocycles. The van der Waals surface area contributed by atoms with E-state index in [0.717, 1.165) is 51.0 Å². The molecule has 1 N–H and O–H groups in total. The van der Waals surface area contributed by atoms with Crippen molar-refractivity contribution in [1.29, 1.82) is 0 Å². The van der Waals surface area contributed by atoms with Crippen molar-refractivity contribution < 1.29 is 14.7 Å². The third kappa shape index (κ3) is 4.96. The van der Waals surface area contributed by atoms with Gasteiger partial charge < -0.3 is 10.0 Å². The molecular weight excluding hydrogens is 354 g/mol. The van der Waals surface area contributed by atoms with Crippen LogP contribution in [0.5, 0.6) is 0 Å². The Labute approximate surface area is 161 Å². The van der Waals surface area contributed by atoms with Crippen molar-refractivity contribution >= 4 is 30.0 Å². The van der Waals surface area contributed by atoms with Gasteiger partial charge in [0.1, 0.15) is 0 Å². The summed E-state index contributed by atoms with van der Waals surface area (Å²) in [7, 11) is 1.88. The van der Waals surface area contributed by atoms with Crippen molar-refractivity contribution in [3.8, 4) is 0 Å². The number of likely N-dealkylation sites (N-methyl/N-ethyl adjacent to an activating group) is 1. The second kappa shape index (κ2) is 9.35. The Morgan fingerprint density at radius 1 is 1.19 bits per heavy atom. The Kier molecular flexibility index (Phi) is 7.43. The number of hydrogen-bond acceptors (Lipinski definition) is 4. The minimum absolute atomic E-state index is 0. The van der Waals surface area contributed by atoms with Crippen LogP contribution in [0.1, 0.15) is 24.8 Å². The molecule has 0 radical (unpaired) electrons. The first-order chi connectivity index (χ1) is 12.0. The standard InChI is InChI=1S/C19H27N3O3.ClH/c1-20(14-19(24)25)16-6-4-10-21(11-9-16)13-18(23)22-12-8-15-5-2-3-7-17(15)22;/h2-3,5,7,16H,4,6,8-14H2,1H3,(H,24,25);1H. The summed E-state index contributed by atoms with van der Waals surface area (Å²) in [6.07, 6.45) is 3.83. The number of halogens is 1. The predicted molar refractivity (Wildman–Crippen MR) is 104 cm³/mol. The maximum absolute atomic E-state index is 12.7. The average molecular weight is 382 g/mol. The van der Waals surface area contributed by atoms with Crippen LogP contribution in [0.2, 0.25) is 0 Å². The van der Waals surface area contributed by atoms with Crippen LogP contribution in [0.25, 0.3) is 0 Å². The first-order valence-electron chi connectivity index (χ1n) is 9.07. The lowest BCUT2D eigenvalue weighted by atomic mass is 10.1. The Morgan fingerprint density at radius 2 is 1.96 bits per heavy atom. The number of anilines is 1. The van der Waals surface area contributed by atoms with E-state index in [0.29, 0.717) is 6.54 Å². The maximum Gasteiger partial charge on any atom is 0.317 e. The number of benzene rings is 1. The highest BCUT2D eigenvalue weighted by Crippen LogP contribution is 2.27. The van der Waals surface area contributed by atoms with Gasteiger partial charge in [0.2, 0.25) is 5.91 Å². The first kappa shape index (κ1) is 20.7. The molecule has 0 aromatic heterocycles. The molecule has 1 saturated heterocycles. The fourth-order valence-electron chi connectivity index (χ4n) is 3.95. The number of carbonyl (C=O) groups excluding carboxylic acids is 1. The van der Waals surface area contributed by atoms with Crippen LogP contribution >= 0.6 is 12.4 Å². The number of hydrogen-bond donors (Lipinski definition) is 1. The van der Waals surface area contributed by atoms with Crippen molar-refractivity contribution in [1.82, 2.24) is 9.80 Å². The molecule has 0 spiro atoms. The number of rotatable bonds is 5. The van der Waals surface area contributed by atoms with Crippen LogP contribution in [-0.2, 0) is 16.0 Å². The Balaban J connectivity index is 0.00000243. The largest absolute Gasteiger partial charge is 0.480 e. The number of carboxylic acids is 1.